The summed E-state index contributed by atoms with van der Waals surface area (Å²) in [6, 6.07) is 1.76. The van der Waals surface area contributed by atoms with Crippen LogP contribution >= 0.6 is 0 Å². The molecule has 0 bridgehead atoms. The molecule has 2 aliphatic rings. The number of amidine groups is 2. The lowest BCUT2D eigenvalue weighted by Crippen LogP contribution is -2.65. The zero-order chi connectivity index (χ0) is 24.2. The SMILES string of the molecule is CC[C@@]12CCCCN1c1nc(-n3ccnc3-c3cc(F)c(F)c(F)c3)ncc1N(C(C)=N)C2=N. The van der Waals surface area contributed by atoms with Crippen LogP contribution in [0, 0.1) is 28.3 Å². The maximum absolute atomic E-state index is 13.9. The van der Waals surface area contributed by atoms with Gasteiger partial charge in [-0.15, -0.1) is 0 Å². The van der Waals surface area contributed by atoms with Gasteiger partial charge in [0.2, 0.25) is 5.95 Å². The van der Waals surface area contributed by atoms with Gasteiger partial charge in [0.05, 0.1) is 11.7 Å². The molecule has 176 valence electrons. The van der Waals surface area contributed by atoms with Crippen molar-refractivity contribution >= 4 is 23.2 Å². The Bertz CT molecular complexity index is 1300. The Balaban J connectivity index is 1.67. The first-order chi connectivity index (χ1) is 16.3. The molecule has 0 aliphatic carbocycles. The maximum Gasteiger partial charge on any atom is 0.237 e. The van der Waals surface area contributed by atoms with Gasteiger partial charge in [0.25, 0.3) is 0 Å². The lowest BCUT2D eigenvalue weighted by Gasteiger charge is -2.54. The number of nitrogens with one attached hydrogen (secondary N) is 2. The third kappa shape index (κ3) is 3.10. The van der Waals surface area contributed by atoms with Crippen LogP contribution in [0.1, 0.15) is 39.5 Å². The molecule has 1 saturated heterocycles. The van der Waals surface area contributed by atoms with Crippen LogP contribution in [0.25, 0.3) is 17.3 Å². The summed E-state index contributed by atoms with van der Waals surface area (Å²) < 4.78 is 42.7. The van der Waals surface area contributed by atoms with Gasteiger partial charge in [0.15, 0.2) is 23.3 Å². The largest absolute Gasteiger partial charge is 0.342 e. The third-order valence-corrected chi connectivity index (χ3v) is 6.66. The summed E-state index contributed by atoms with van der Waals surface area (Å²) in [6.45, 7) is 4.36. The van der Waals surface area contributed by atoms with Crippen LogP contribution in [-0.2, 0) is 0 Å². The van der Waals surface area contributed by atoms with E-state index in [1.54, 1.807) is 24.2 Å². The van der Waals surface area contributed by atoms with E-state index in [1.807, 2.05) is 6.92 Å². The first-order valence-corrected chi connectivity index (χ1v) is 11.1. The first-order valence-electron chi connectivity index (χ1n) is 11.1. The Kier molecular flexibility index (Phi) is 5.14. The highest BCUT2D eigenvalue weighted by Crippen LogP contribution is 2.45. The van der Waals surface area contributed by atoms with Crippen molar-refractivity contribution < 1.29 is 13.2 Å². The van der Waals surface area contributed by atoms with Gasteiger partial charge in [0.1, 0.15) is 23.2 Å². The molecule has 2 N–H and O–H groups in total. The molecular formula is C23H23F3N8. The van der Waals surface area contributed by atoms with Crippen LogP contribution in [0.15, 0.2) is 30.7 Å². The molecule has 2 aromatic heterocycles. The number of hydrogen-bond donors (Lipinski definition) is 2. The zero-order valence-electron chi connectivity index (χ0n) is 18.7. The summed E-state index contributed by atoms with van der Waals surface area (Å²) >= 11 is 0. The first kappa shape index (κ1) is 22.1. The molecule has 0 unspecified atom stereocenters. The van der Waals surface area contributed by atoms with Crippen molar-refractivity contribution in [1.29, 1.82) is 10.8 Å². The molecule has 3 aromatic rings. The van der Waals surface area contributed by atoms with E-state index in [4.69, 9.17) is 15.8 Å². The molecular weight excluding hydrogens is 445 g/mol. The van der Waals surface area contributed by atoms with Crippen LogP contribution in [0.4, 0.5) is 24.7 Å². The van der Waals surface area contributed by atoms with E-state index in [0.717, 1.165) is 31.4 Å². The van der Waals surface area contributed by atoms with Crippen molar-refractivity contribution in [2.24, 2.45) is 0 Å². The van der Waals surface area contributed by atoms with Crippen molar-refractivity contribution in [3.8, 4) is 17.3 Å². The molecule has 1 atom stereocenters. The Hall–Kier alpha value is -3.76. The van der Waals surface area contributed by atoms with Gasteiger partial charge in [-0.25, -0.2) is 23.1 Å². The van der Waals surface area contributed by atoms with Crippen molar-refractivity contribution in [3.63, 3.8) is 0 Å². The lowest BCUT2D eigenvalue weighted by molar-refractivity contribution is 0.374. The molecule has 0 radical (unpaired) electrons. The van der Waals surface area contributed by atoms with Gasteiger partial charge < -0.3 is 4.90 Å². The van der Waals surface area contributed by atoms with Crippen LogP contribution < -0.4 is 9.80 Å². The molecule has 8 nitrogen and oxygen atoms in total. The number of benzene rings is 1. The van der Waals surface area contributed by atoms with Crippen LogP contribution in [0.3, 0.4) is 0 Å². The smallest absolute Gasteiger partial charge is 0.237 e. The zero-order valence-corrected chi connectivity index (χ0v) is 18.7. The Morgan fingerprint density at radius 3 is 2.56 bits per heavy atom. The predicted octanol–water partition coefficient (Wildman–Crippen LogP) is 4.68. The van der Waals surface area contributed by atoms with Gasteiger partial charge in [-0.05, 0) is 44.7 Å². The van der Waals surface area contributed by atoms with Crippen molar-refractivity contribution in [1.82, 2.24) is 19.5 Å². The van der Waals surface area contributed by atoms with E-state index in [-0.39, 0.29) is 23.2 Å². The lowest BCUT2D eigenvalue weighted by atomic mass is 9.80. The molecule has 11 heteroatoms. The number of halogens is 3. The van der Waals surface area contributed by atoms with Gasteiger partial charge in [-0.2, -0.15) is 4.98 Å². The number of hydrogen-bond acceptors (Lipinski definition) is 6. The summed E-state index contributed by atoms with van der Waals surface area (Å²) in [7, 11) is 0. The fourth-order valence-electron chi connectivity index (χ4n) is 5.00. The second-order valence-corrected chi connectivity index (χ2v) is 8.52. The molecule has 1 fully saturated rings. The molecule has 1 aromatic carbocycles. The quantitative estimate of drug-likeness (QED) is 0.330. The fraction of sp³-hybridized carbons (Fsp3) is 0.348. The number of imidazole rings is 1. The highest BCUT2D eigenvalue weighted by atomic mass is 19.2. The van der Waals surface area contributed by atoms with Crippen LogP contribution in [0.2, 0.25) is 0 Å². The van der Waals surface area contributed by atoms with Gasteiger partial charge >= 0.3 is 0 Å². The normalized spacial score (nSPS) is 19.7. The van der Waals surface area contributed by atoms with Gasteiger partial charge in [-0.3, -0.25) is 20.3 Å². The van der Waals surface area contributed by atoms with E-state index in [2.05, 4.69) is 14.9 Å². The minimum Gasteiger partial charge on any atom is -0.342 e. The summed E-state index contributed by atoms with van der Waals surface area (Å²) in [5.41, 5.74) is -0.00437. The predicted molar refractivity (Wildman–Crippen MR) is 122 cm³/mol. The monoisotopic (exact) mass is 468 g/mol. The van der Waals surface area contributed by atoms with E-state index in [0.29, 0.717) is 30.3 Å². The summed E-state index contributed by atoms with van der Waals surface area (Å²) in [4.78, 5) is 17.1. The minimum atomic E-state index is -1.54. The van der Waals surface area contributed by atoms with E-state index in [1.165, 1.54) is 10.8 Å². The molecule has 0 spiro atoms. The standard InChI is InChI=1S/C23H23F3N8/c1-3-23-6-4-5-8-33(23)20-17(34(13(2)27)21(23)28)12-30-22(31-20)32-9-7-29-19(32)14-10-15(24)18(26)16(25)11-14/h7,9-12,27-28H,3-6,8H2,1-2H3/t23-/m0/s1. The van der Waals surface area contributed by atoms with Crippen molar-refractivity contribution in [3.05, 3.63) is 48.2 Å². The Morgan fingerprint density at radius 1 is 1.15 bits per heavy atom. The number of anilines is 2. The highest BCUT2D eigenvalue weighted by molar-refractivity contribution is 6.23. The molecule has 4 heterocycles. The number of fused-ring (bicyclic) bond motifs is 3. The minimum absolute atomic E-state index is 0.0438. The van der Waals surface area contributed by atoms with E-state index < -0.39 is 23.0 Å². The van der Waals surface area contributed by atoms with Gasteiger partial charge in [-0.1, -0.05) is 6.92 Å². The summed E-state index contributed by atoms with van der Waals surface area (Å²) in [5.74, 6) is -2.68. The average Bonchev–Trinajstić information content (AvgIpc) is 3.32. The molecule has 2 aliphatic heterocycles. The number of piperidine rings is 1. The third-order valence-electron chi connectivity index (χ3n) is 6.66. The van der Waals surface area contributed by atoms with E-state index >= 15 is 0 Å². The van der Waals surface area contributed by atoms with Crippen molar-refractivity contribution in [2.45, 2.75) is 45.1 Å². The number of aromatic nitrogens is 4. The van der Waals surface area contributed by atoms with Crippen LogP contribution in [-0.4, -0.2) is 43.3 Å². The van der Waals surface area contributed by atoms with Crippen molar-refractivity contribution in [2.75, 3.05) is 16.3 Å². The topological polar surface area (TPSA) is 97.8 Å². The maximum atomic E-state index is 13.9. The molecule has 0 amide bonds. The van der Waals surface area contributed by atoms with Crippen LogP contribution in [0.5, 0.6) is 0 Å². The second kappa shape index (κ2) is 7.93. The second-order valence-electron chi connectivity index (χ2n) is 8.52. The molecule has 34 heavy (non-hydrogen) atoms. The summed E-state index contributed by atoms with van der Waals surface area (Å²) in [6.07, 6.45) is 7.92. The Labute approximate surface area is 194 Å². The number of rotatable bonds is 3. The fourth-order valence-corrected chi connectivity index (χ4v) is 5.00. The van der Waals surface area contributed by atoms with E-state index in [9.17, 15) is 13.2 Å². The number of nitrogens with zero attached hydrogens (tertiary/aromatic N) is 6. The van der Waals surface area contributed by atoms with Gasteiger partial charge in [0, 0.05) is 24.5 Å². The molecule has 0 saturated carbocycles. The highest BCUT2D eigenvalue weighted by Gasteiger charge is 2.50. The molecule has 5 rings (SSSR count). The average molecular weight is 468 g/mol. The Morgan fingerprint density at radius 2 is 1.88 bits per heavy atom. The summed E-state index contributed by atoms with van der Waals surface area (Å²) in [5, 5.41) is 17.3.